The van der Waals surface area contributed by atoms with Crippen molar-refractivity contribution in [3.63, 3.8) is 0 Å². The van der Waals surface area contributed by atoms with Crippen LogP contribution < -0.4 is 0 Å². The van der Waals surface area contributed by atoms with Gasteiger partial charge in [0.2, 0.25) is 0 Å². The minimum absolute atomic E-state index is 0.863. The van der Waals surface area contributed by atoms with Crippen molar-refractivity contribution in [3.8, 4) is 11.3 Å². The van der Waals surface area contributed by atoms with Crippen LogP contribution in [0.3, 0.4) is 0 Å². The van der Waals surface area contributed by atoms with E-state index in [0.29, 0.717) is 0 Å². The predicted molar refractivity (Wildman–Crippen MR) is 70.0 cm³/mol. The highest BCUT2D eigenvalue weighted by molar-refractivity contribution is 14.1. The van der Waals surface area contributed by atoms with Crippen molar-refractivity contribution in [3.05, 3.63) is 46.6 Å². The minimum Gasteiger partial charge on any atom is -0.464 e. The van der Waals surface area contributed by atoms with Crippen LogP contribution in [0.15, 0.2) is 47.3 Å². The van der Waals surface area contributed by atoms with Crippen molar-refractivity contribution in [1.29, 1.82) is 0 Å². The van der Waals surface area contributed by atoms with Gasteiger partial charge in [-0.3, -0.25) is 0 Å². The van der Waals surface area contributed by atoms with Crippen LogP contribution in [0.4, 0.5) is 0 Å². The van der Waals surface area contributed by atoms with Gasteiger partial charge in [-0.05, 0) is 52.9 Å². The van der Waals surface area contributed by atoms with Crippen LogP contribution in [0.25, 0.3) is 22.2 Å². The van der Waals surface area contributed by atoms with E-state index >= 15 is 0 Å². The van der Waals surface area contributed by atoms with Gasteiger partial charge < -0.3 is 4.42 Å². The molecule has 0 saturated carbocycles. The fourth-order valence-electron chi connectivity index (χ4n) is 1.62. The SMILES string of the molecule is Ic1ncnc2ccc(-c3ccco3)cc12. The van der Waals surface area contributed by atoms with Gasteiger partial charge in [-0.15, -0.1) is 0 Å². The van der Waals surface area contributed by atoms with Gasteiger partial charge in [0, 0.05) is 10.9 Å². The van der Waals surface area contributed by atoms with Gasteiger partial charge in [0.05, 0.1) is 11.8 Å². The standard InChI is InChI=1S/C12H7IN2O/c13-12-9-6-8(11-2-1-5-16-11)3-4-10(9)14-7-15-12/h1-7H. The molecule has 2 aromatic heterocycles. The van der Waals surface area contributed by atoms with Crippen molar-refractivity contribution >= 4 is 33.5 Å². The van der Waals surface area contributed by atoms with Gasteiger partial charge in [0.25, 0.3) is 0 Å². The van der Waals surface area contributed by atoms with Crippen molar-refractivity contribution in [2.24, 2.45) is 0 Å². The lowest BCUT2D eigenvalue weighted by atomic mass is 10.1. The molecule has 78 valence electrons. The summed E-state index contributed by atoms with van der Waals surface area (Å²) in [6.07, 6.45) is 3.25. The van der Waals surface area contributed by atoms with Crippen LogP contribution in [0.1, 0.15) is 0 Å². The molecule has 3 aromatic rings. The fourth-order valence-corrected chi connectivity index (χ4v) is 2.18. The van der Waals surface area contributed by atoms with Gasteiger partial charge in [-0.25, -0.2) is 9.97 Å². The zero-order chi connectivity index (χ0) is 11.0. The Kier molecular flexibility index (Phi) is 2.36. The van der Waals surface area contributed by atoms with Crippen molar-refractivity contribution in [1.82, 2.24) is 9.97 Å². The predicted octanol–water partition coefficient (Wildman–Crippen LogP) is 3.49. The highest BCUT2D eigenvalue weighted by Gasteiger charge is 2.05. The number of rotatable bonds is 1. The Hall–Kier alpha value is -1.43. The molecule has 0 spiro atoms. The molecule has 3 rings (SSSR count). The third-order valence-electron chi connectivity index (χ3n) is 2.39. The first-order chi connectivity index (χ1) is 7.84. The van der Waals surface area contributed by atoms with E-state index in [1.807, 2.05) is 24.3 Å². The molecule has 0 bridgehead atoms. The summed E-state index contributed by atoms with van der Waals surface area (Å²) < 4.78 is 6.32. The number of hydrogen-bond acceptors (Lipinski definition) is 3. The zero-order valence-electron chi connectivity index (χ0n) is 8.22. The van der Waals surface area contributed by atoms with Gasteiger partial charge >= 0.3 is 0 Å². The molecule has 0 radical (unpaired) electrons. The quantitative estimate of drug-likeness (QED) is 0.508. The largest absolute Gasteiger partial charge is 0.464 e. The smallest absolute Gasteiger partial charge is 0.133 e. The maximum absolute atomic E-state index is 5.37. The lowest BCUT2D eigenvalue weighted by molar-refractivity contribution is 0.582. The molecule has 4 heteroatoms. The molecule has 0 fully saturated rings. The summed E-state index contributed by atoms with van der Waals surface area (Å²) in [5.74, 6) is 0.863. The molecule has 0 amide bonds. The van der Waals surface area contributed by atoms with E-state index in [9.17, 15) is 0 Å². The molecule has 16 heavy (non-hydrogen) atoms. The second-order valence-corrected chi connectivity index (χ2v) is 4.40. The zero-order valence-corrected chi connectivity index (χ0v) is 10.4. The summed E-state index contributed by atoms with van der Waals surface area (Å²) in [5, 5.41) is 1.05. The van der Waals surface area contributed by atoms with Gasteiger partial charge in [0.1, 0.15) is 15.8 Å². The van der Waals surface area contributed by atoms with Crippen LogP contribution in [-0.4, -0.2) is 9.97 Å². The molecular formula is C12H7IN2O. The van der Waals surface area contributed by atoms with E-state index < -0.39 is 0 Å². The van der Waals surface area contributed by atoms with Gasteiger partial charge in [-0.2, -0.15) is 0 Å². The average molecular weight is 322 g/mol. The van der Waals surface area contributed by atoms with E-state index in [4.69, 9.17) is 4.42 Å². The first-order valence-corrected chi connectivity index (χ1v) is 5.86. The van der Waals surface area contributed by atoms with E-state index in [1.54, 1.807) is 12.6 Å². The Labute approximate surface area is 106 Å². The molecule has 1 aromatic carbocycles. The highest BCUT2D eigenvalue weighted by Crippen LogP contribution is 2.25. The van der Waals surface area contributed by atoms with Crippen molar-refractivity contribution in [2.45, 2.75) is 0 Å². The van der Waals surface area contributed by atoms with E-state index in [2.05, 4.69) is 38.6 Å². The molecule has 0 unspecified atom stereocenters. The topological polar surface area (TPSA) is 38.9 Å². The van der Waals surface area contributed by atoms with Gasteiger partial charge in [0.15, 0.2) is 0 Å². The van der Waals surface area contributed by atoms with E-state index in [-0.39, 0.29) is 0 Å². The summed E-state index contributed by atoms with van der Waals surface area (Å²) in [5.41, 5.74) is 2.00. The van der Waals surface area contributed by atoms with Crippen LogP contribution in [0.5, 0.6) is 0 Å². The van der Waals surface area contributed by atoms with E-state index in [1.165, 1.54) is 0 Å². The second-order valence-electron chi connectivity index (χ2n) is 3.37. The van der Waals surface area contributed by atoms with Crippen LogP contribution >= 0.6 is 22.6 Å². The summed E-state index contributed by atoms with van der Waals surface area (Å²) in [4.78, 5) is 8.39. The molecule has 0 aliphatic carbocycles. The number of nitrogens with zero attached hydrogens (tertiary/aromatic N) is 2. The Balaban J connectivity index is 2.27. The van der Waals surface area contributed by atoms with Crippen molar-refractivity contribution in [2.75, 3.05) is 0 Å². The first kappa shape index (κ1) is 9.77. The normalized spacial score (nSPS) is 10.8. The first-order valence-electron chi connectivity index (χ1n) is 4.79. The summed E-state index contributed by atoms with van der Waals surface area (Å²) >= 11 is 2.21. The Morgan fingerprint density at radius 1 is 1.12 bits per heavy atom. The highest BCUT2D eigenvalue weighted by atomic mass is 127. The summed E-state index contributed by atoms with van der Waals surface area (Å²) in [6, 6.07) is 9.86. The van der Waals surface area contributed by atoms with Crippen LogP contribution in [-0.2, 0) is 0 Å². The third-order valence-corrected chi connectivity index (χ3v) is 3.25. The van der Waals surface area contributed by atoms with Crippen LogP contribution in [0, 0.1) is 3.70 Å². The lowest BCUT2D eigenvalue weighted by Crippen LogP contribution is -1.87. The number of halogens is 1. The Morgan fingerprint density at radius 3 is 2.88 bits per heavy atom. The second kappa shape index (κ2) is 3.86. The van der Waals surface area contributed by atoms with Gasteiger partial charge in [-0.1, -0.05) is 0 Å². The van der Waals surface area contributed by atoms with Crippen molar-refractivity contribution < 1.29 is 4.42 Å². The number of furan rings is 1. The Bertz CT molecular complexity index is 635. The monoisotopic (exact) mass is 322 g/mol. The summed E-state index contributed by atoms with van der Waals surface area (Å²) in [6.45, 7) is 0. The molecule has 0 aliphatic rings. The average Bonchev–Trinajstić information content (AvgIpc) is 2.83. The summed E-state index contributed by atoms with van der Waals surface area (Å²) in [7, 11) is 0. The third kappa shape index (κ3) is 1.59. The fraction of sp³-hybridized carbons (Fsp3) is 0. The number of aromatic nitrogens is 2. The number of hydrogen-bond donors (Lipinski definition) is 0. The molecule has 0 atom stereocenters. The molecular weight excluding hydrogens is 315 g/mol. The number of fused-ring (bicyclic) bond motifs is 1. The number of benzene rings is 1. The maximum atomic E-state index is 5.37. The van der Waals surface area contributed by atoms with Crippen LogP contribution in [0.2, 0.25) is 0 Å². The Morgan fingerprint density at radius 2 is 2.06 bits per heavy atom. The lowest BCUT2D eigenvalue weighted by Gasteiger charge is -2.01. The van der Waals surface area contributed by atoms with E-state index in [0.717, 1.165) is 25.9 Å². The minimum atomic E-state index is 0.863. The molecule has 2 heterocycles. The molecule has 0 aliphatic heterocycles. The molecule has 0 saturated heterocycles. The molecule has 0 N–H and O–H groups in total. The molecule has 3 nitrogen and oxygen atoms in total. The maximum Gasteiger partial charge on any atom is 0.133 e.